The smallest absolute Gasteiger partial charge is 0.248 e. The van der Waals surface area contributed by atoms with Gasteiger partial charge in [0.15, 0.2) is 0 Å². The van der Waals surface area contributed by atoms with Crippen LogP contribution in [-0.2, 0) is 6.54 Å². The summed E-state index contributed by atoms with van der Waals surface area (Å²) in [5.74, 6) is 0. The lowest BCUT2D eigenvalue weighted by Crippen LogP contribution is -2.20. The lowest BCUT2D eigenvalue weighted by atomic mass is 10.3. The van der Waals surface area contributed by atoms with Crippen molar-refractivity contribution in [2.24, 2.45) is 0 Å². The summed E-state index contributed by atoms with van der Waals surface area (Å²) in [6.07, 6.45) is 1.13. The van der Waals surface area contributed by atoms with Crippen molar-refractivity contribution in [3.63, 3.8) is 0 Å². The molecule has 1 N–H and O–H groups in total. The molecule has 0 aliphatic carbocycles. The molecule has 0 radical (unpaired) electrons. The predicted molar refractivity (Wildman–Crippen MR) is 53.7 cm³/mol. The molecule has 0 saturated heterocycles. The molecule has 1 rings (SSSR count). The molecule has 0 unspecified atom stereocenters. The monoisotopic (exact) mass is 180 g/mol. The van der Waals surface area contributed by atoms with Crippen molar-refractivity contribution in [2.45, 2.75) is 19.9 Å². The van der Waals surface area contributed by atoms with Crippen LogP contribution in [0.2, 0.25) is 0 Å². The normalized spacial score (nSPS) is 10.7. The Balaban J connectivity index is 2.58. The largest absolute Gasteiger partial charge is 0.325 e. The number of rotatable bonds is 4. The highest BCUT2D eigenvalue weighted by molar-refractivity contribution is 5.03. The van der Waals surface area contributed by atoms with Gasteiger partial charge in [-0.05, 0) is 26.1 Å². The molecular weight excluding hydrogens is 164 g/mol. The van der Waals surface area contributed by atoms with E-state index < -0.39 is 0 Å². The van der Waals surface area contributed by atoms with E-state index in [9.17, 15) is 4.79 Å². The van der Waals surface area contributed by atoms with Crippen molar-refractivity contribution in [2.75, 3.05) is 13.6 Å². The van der Waals surface area contributed by atoms with Crippen LogP contribution in [0, 0.1) is 0 Å². The van der Waals surface area contributed by atoms with Gasteiger partial charge in [-0.1, -0.05) is 13.0 Å². The van der Waals surface area contributed by atoms with Gasteiger partial charge in [-0.3, -0.25) is 4.79 Å². The first-order valence-electron chi connectivity index (χ1n) is 4.59. The Morgan fingerprint density at radius 1 is 1.46 bits per heavy atom. The molecule has 0 aliphatic heterocycles. The Kier molecular flexibility index (Phi) is 3.71. The van der Waals surface area contributed by atoms with Crippen LogP contribution in [0.5, 0.6) is 0 Å². The number of H-pyrrole nitrogens is 1. The molecule has 1 heterocycles. The van der Waals surface area contributed by atoms with Gasteiger partial charge in [-0.25, -0.2) is 0 Å². The van der Waals surface area contributed by atoms with Gasteiger partial charge in [0.2, 0.25) is 5.56 Å². The average molecular weight is 180 g/mol. The zero-order valence-electron chi connectivity index (χ0n) is 8.21. The lowest BCUT2D eigenvalue weighted by molar-refractivity contribution is 0.323. The van der Waals surface area contributed by atoms with Crippen molar-refractivity contribution >= 4 is 0 Å². The van der Waals surface area contributed by atoms with Crippen molar-refractivity contribution in [3.05, 3.63) is 34.2 Å². The molecule has 13 heavy (non-hydrogen) atoms. The highest BCUT2D eigenvalue weighted by Gasteiger charge is 1.98. The van der Waals surface area contributed by atoms with Gasteiger partial charge in [-0.2, -0.15) is 0 Å². The van der Waals surface area contributed by atoms with Crippen molar-refractivity contribution in [1.82, 2.24) is 9.88 Å². The topological polar surface area (TPSA) is 36.1 Å². The highest BCUT2D eigenvalue weighted by Crippen LogP contribution is 1.96. The Labute approximate surface area is 78.4 Å². The summed E-state index contributed by atoms with van der Waals surface area (Å²) >= 11 is 0. The van der Waals surface area contributed by atoms with Crippen molar-refractivity contribution in [3.8, 4) is 0 Å². The van der Waals surface area contributed by atoms with E-state index in [-0.39, 0.29) is 5.56 Å². The summed E-state index contributed by atoms with van der Waals surface area (Å²) in [7, 11) is 2.05. The fraction of sp³-hybridized carbons (Fsp3) is 0.500. The van der Waals surface area contributed by atoms with Crippen LogP contribution in [0.1, 0.15) is 19.0 Å². The van der Waals surface area contributed by atoms with Gasteiger partial charge in [0, 0.05) is 18.3 Å². The number of nitrogens with one attached hydrogen (secondary N) is 1. The molecule has 1 aromatic heterocycles. The van der Waals surface area contributed by atoms with Crippen LogP contribution in [0.4, 0.5) is 0 Å². The van der Waals surface area contributed by atoms with Gasteiger partial charge in [-0.15, -0.1) is 0 Å². The summed E-state index contributed by atoms with van der Waals surface area (Å²) in [5, 5.41) is 0. The third-order valence-corrected chi connectivity index (χ3v) is 1.87. The maximum atomic E-state index is 11.0. The van der Waals surface area contributed by atoms with Crippen LogP contribution < -0.4 is 5.56 Å². The Morgan fingerprint density at radius 2 is 2.23 bits per heavy atom. The fourth-order valence-corrected chi connectivity index (χ4v) is 1.34. The van der Waals surface area contributed by atoms with Crippen LogP contribution in [-0.4, -0.2) is 23.5 Å². The minimum absolute atomic E-state index is 0.0256. The highest BCUT2D eigenvalue weighted by atomic mass is 16.1. The molecule has 0 saturated carbocycles. The second kappa shape index (κ2) is 4.82. The Hall–Kier alpha value is -1.09. The third-order valence-electron chi connectivity index (χ3n) is 1.87. The van der Waals surface area contributed by atoms with Crippen LogP contribution in [0.15, 0.2) is 23.0 Å². The van der Waals surface area contributed by atoms with Crippen LogP contribution >= 0.6 is 0 Å². The van der Waals surface area contributed by atoms with E-state index in [0.717, 1.165) is 25.2 Å². The third kappa shape index (κ3) is 3.42. The molecule has 1 aromatic rings. The first kappa shape index (κ1) is 9.99. The Morgan fingerprint density at radius 3 is 2.85 bits per heavy atom. The van der Waals surface area contributed by atoms with E-state index in [4.69, 9.17) is 0 Å². The quantitative estimate of drug-likeness (QED) is 0.756. The van der Waals surface area contributed by atoms with Crippen LogP contribution in [0.25, 0.3) is 0 Å². The number of aromatic amines is 1. The maximum absolute atomic E-state index is 11.0. The second-order valence-corrected chi connectivity index (χ2v) is 3.28. The second-order valence-electron chi connectivity index (χ2n) is 3.28. The first-order chi connectivity index (χ1) is 6.22. The van der Waals surface area contributed by atoms with Gasteiger partial charge in [0.05, 0.1) is 0 Å². The van der Waals surface area contributed by atoms with E-state index >= 15 is 0 Å². The lowest BCUT2D eigenvalue weighted by Gasteiger charge is -2.14. The Bertz CT molecular complexity index is 306. The van der Waals surface area contributed by atoms with E-state index in [2.05, 4.69) is 23.9 Å². The minimum Gasteiger partial charge on any atom is -0.325 e. The molecule has 0 bridgehead atoms. The number of nitrogens with zero attached hydrogens (tertiary/aromatic N) is 1. The molecule has 0 amide bonds. The molecule has 0 fully saturated rings. The number of hydrogen-bond acceptors (Lipinski definition) is 2. The first-order valence-corrected chi connectivity index (χ1v) is 4.59. The minimum atomic E-state index is -0.0256. The molecule has 0 spiro atoms. The molecule has 3 nitrogen and oxygen atoms in total. The van der Waals surface area contributed by atoms with E-state index in [1.54, 1.807) is 6.07 Å². The molecule has 72 valence electrons. The summed E-state index contributed by atoms with van der Waals surface area (Å²) in [6, 6.07) is 5.25. The van der Waals surface area contributed by atoms with E-state index in [1.807, 2.05) is 6.07 Å². The van der Waals surface area contributed by atoms with Crippen LogP contribution in [0.3, 0.4) is 0 Å². The van der Waals surface area contributed by atoms with Gasteiger partial charge in [0.25, 0.3) is 0 Å². The summed E-state index contributed by atoms with van der Waals surface area (Å²) < 4.78 is 0. The molecule has 3 heteroatoms. The standard InChI is InChI=1S/C10H16N2O/c1-3-7-12(2)8-9-5-4-6-10(13)11-9/h4-6H,3,7-8H2,1-2H3,(H,11,13). The maximum Gasteiger partial charge on any atom is 0.248 e. The summed E-state index contributed by atoms with van der Waals surface area (Å²) in [6.45, 7) is 4.01. The van der Waals surface area contributed by atoms with Crippen molar-refractivity contribution < 1.29 is 0 Å². The van der Waals surface area contributed by atoms with Gasteiger partial charge in [0.1, 0.15) is 0 Å². The number of aromatic nitrogens is 1. The fourth-order valence-electron chi connectivity index (χ4n) is 1.34. The van der Waals surface area contributed by atoms with E-state index in [1.165, 1.54) is 6.07 Å². The zero-order valence-corrected chi connectivity index (χ0v) is 8.21. The molecular formula is C10H16N2O. The summed E-state index contributed by atoms with van der Waals surface area (Å²) in [4.78, 5) is 15.9. The van der Waals surface area contributed by atoms with Gasteiger partial charge < -0.3 is 9.88 Å². The van der Waals surface area contributed by atoms with E-state index in [0.29, 0.717) is 0 Å². The van der Waals surface area contributed by atoms with Crippen molar-refractivity contribution in [1.29, 1.82) is 0 Å². The SMILES string of the molecule is CCCN(C)Cc1cccc(=O)[nH]1. The zero-order chi connectivity index (χ0) is 9.68. The predicted octanol–water partition coefficient (Wildman–Crippen LogP) is 1.22. The molecule has 0 aromatic carbocycles. The molecule has 0 aliphatic rings. The number of hydrogen-bond donors (Lipinski definition) is 1. The number of pyridine rings is 1. The summed E-state index contributed by atoms with van der Waals surface area (Å²) in [5.41, 5.74) is 0.950. The molecule has 0 atom stereocenters. The average Bonchev–Trinajstić information content (AvgIpc) is 2.04. The van der Waals surface area contributed by atoms with Gasteiger partial charge >= 0.3 is 0 Å².